The predicted octanol–water partition coefficient (Wildman–Crippen LogP) is 3.36. The molecule has 3 aromatic heterocycles. The second-order valence-corrected chi connectivity index (χ2v) is 8.00. The number of hydrogen-bond donors (Lipinski definition) is 0. The van der Waals surface area contributed by atoms with Gasteiger partial charge in [-0.2, -0.15) is 0 Å². The Morgan fingerprint density at radius 2 is 2.24 bits per heavy atom. The lowest BCUT2D eigenvalue weighted by molar-refractivity contribution is -0.131. The summed E-state index contributed by atoms with van der Waals surface area (Å²) in [7, 11) is 0. The molecule has 1 aliphatic heterocycles. The first-order valence-corrected chi connectivity index (χ1v) is 9.56. The molecule has 1 fully saturated rings. The largest absolute Gasteiger partial charge is 0.342 e. The molecule has 1 amide bonds. The summed E-state index contributed by atoms with van der Waals surface area (Å²) in [5, 5.41) is 1.17. The maximum absolute atomic E-state index is 12.9. The Labute approximate surface area is 151 Å². The van der Waals surface area contributed by atoms with E-state index in [1.165, 1.54) is 9.88 Å². The average Bonchev–Trinajstić information content (AvgIpc) is 3.19. The van der Waals surface area contributed by atoms with Gasteiger partial charge < -0.3 is 9.30 Å². The Bertz CT molecular complexity index is 913. The van der Waals surface area contributed by atoms with E-state index in [0.29, 0.717) is 12.3 Å². The number of likely N-dealkylation sites (tertiary alicyclic amines) is 1. The molecule has 25 heavy (non-hydrogen) atoms. The Balaban J connectivity index is 1.51. The summed E-state index contributed by atoms with van der Waals surface area (Å²) in [4.78, 5) is 25.2. The van der Waals surface area contributed by atoms with Crippen LogP contribution in [0.3, 0.4) is 0 Å². The lowest BCUT2D eigenvalue weighted by Crippen LogP contribution is -2.40. The van der Waals surface area contributed by atoms with Gasteiger partial charge in [0.1, 0.15) is 5.65 Å². The van der Waals surface area contributed by atoms with Crippen molar-refractivity contribution in [3.8, 4) is 0 Å². The fourth-order valence-corrected chi connectivity index (χ4v) is 4.50. The molecule has 0 radical (unpaired) electrons. The van der Waals surface area contributed by atoms with Gasteiger partial charge in [0.25, 0.3) is 0 Å². The van der Waals surface area contributed by atoms with Crippen molar-refractivity contribution in [3.63, 3.8) is 0 Å². The zero-order valence-electron chi connectivity index (χ0n) is 14.6. The molecular weight excluding hydrogens is 332 g/mol. The van der Waals surface area contributed by atoms with Crippen molar-refractivity contribution in [1.82, 2.24) is 19.3 Å². The molecule has 130 valence electrons. The van der Waals surface area contributed by atoms with Crippen LogP contribution in [0.4, 0.5) is 0 Å². The molecule has 0 unspecified atom stereocenters. The van der Waals surface area contributed by atoms with Gasteiger partial charge in [-0.05, 0) is 38.8 Å². The van der Waals surface area contributed by atoms with E-state index in [0.717, 1.165) is 43.0 Å². The molecule has 4 heterocycles. The molecule has 0 aromatic carbocycles. The summed E-state index contributed by atoms with van der Waals surface area (Å²) < 4.78 is 2.03. The van der Waals surface area contributed by atoms with Crippen LogP contribution in [0.15, 0.2) is 30.6 Å². The molecule has 0 N–H and O–H groups in total. The van der Waals surface area contributed by atoms with Crippen molar-refractivity contribution in [2.45, 2.75) is 39.0 Å². The second-order valence-electron chi connectivity index (χ2n) is 6.74. The van der Waals surface area contributed by atoms with Crippen LogP contribution in [-0.4, -0.2) is 38.3 Å². The highest BCUT2D eigenvalue weighted by Gasteiger charge is 2.27. The topological polar surface area (TPSA) is 50.5 Å². The Morgan fingerprint density at radius 3 is 3.04 bits per heavy atom. The number of amides is 1. The Kier molecular flexibility index (Phi) is 4.29. The summed E-state index contributed by atoms with van der Waals surface area (Å²) in [6.07, 6.45) is 6.48. The standard InChI is InChI=1S/C19H22N4OS/c1-13-11-20-19(25-13)15-6-5-8-22(12-15)18(24)10-16-14(2)21-17-7-3-4-9-23(16)17/h3-4,7,9,11,15H,5-6,8,10,12H2,1-2H3/t15-/m0/s1. The van der Waals surface area contributed by atoms with Crippen LogP contribution in [0.1, 0.15) is 40.0 Å². The van der Waals surface area contributed by atoms with E-state index < -0.39 is 0 Å². The maximum Gasteiger partial charge on any atom is 0.228 e. The maximum atomic E-state index is 12.9. The lowest BCUT2D eigenvalue weighted by atomic mass is 9.98. The third-order valence-electron chi connectivity index (χ3n) is 4.91. The van der Waals surface area contributed by atoms with Crippen LogP contribution < -0.4 is 0 Å². The molecule has 0 aliphatic carbocycles. The first kappa shape index (κ1) is 16.3. The van der Waals surface area contributed by atoms with Gasteiger partial charge in [-0.15, -0.1) is 11.3 Å². The molecule has 1 saturated heterocycles. The third kappa shape index (κ3) is 3.18. The number of carbonyl (C=O) groups is 1. The fraction of sp³-hybridized carbons (Fsp3) is 0.421. The molecule has 3 aromatic rings. The monoisotopic (exact) mass is 354 g/mol. The first-order chi connectivity index (χ1) is 12.1. The Hall–Kier alpha value is -2.21. The molecule has 0 bridgehead atoms. The summed E-state index contributed by atoms with van der Waals surface area (Å²) in [5.74, 6) is 0.561. The normalized spacial score (nSPS) is 18.0. The van der Waals surface area contributed by atoms with E-state index in [1.807, 2.05) is 46.8 Å². The van der Waals surface area contributed by atoms with Gasteiger partial charge in [0.2, 0.25) is 5.91 Å². The van der Waals surface area contributed by atoms with Gasteiger partial charge in [-0.3, -0.25) is 4.79 Å². The van der Waals surface area contributed by atoms with Crippen molar-refractivity contribution < 1.29 is 4.79 Å². The van der Waals surface area contributed by atoms with Gasteiger partial charge in [0.15, 0.2) is 0 Å². The van der Waals surface area contributed by atoms with Crippen molar-refractivity contribution in [2.75, 3.05) is 13.1 Å². The van der Waals surface area contributed by atoms with Gasteiger partial charge in [-0.25, -0.2) is 9.97 Å². The van der Waals surface area contributed by atoms with E-state index >= 15 is 0 Å². The number of imidazole rings is 1. The molecule has 5 nitrogen and oxygen atoms in total. The first-order valence-electron chi connectivity index (χ1n) is 8.74. The smallest absolute Gasteiger partial charge is 0.228 e. The van der Waals surface area contributed by atoms with Crippen molar-refractivity contribution in [1.29, 1.82) is 0 Å². The fourth-order valence-electron chi connectivity index (χ4n) is 3.60. The number of fused-ring (bicyclic) bond motifs is 1. The third-order valence-corrected chi connectivity index (χ3v) is 5.99. The molecular formula is C19H22N4OS. The van der Waals surface area contributed by atoms with Crippen molar-refractivity contribution in [2.24, 2.45) is 0 Å². The van der Waals surface area contributed by atoms with Gasteiger partial charge in [-0.1, -0.05) is 6.07 Å². The zero-order chi connectivity index (χ0) is 17.4. The van der Waals surface area contributed by atoms with Gasteiger partial charge >= 0.3 is 0 Å². The van der Waals surface area contributed by atoms with Crippen LogP contribution in [0.5, 0.6) is 0 Å². The van der Waals surface area contributed by atoms with E-state index in [1.54, 1.807) is 11.3 Å². The molecule has 0 spiro atoms. The van der Waals surface area contributed by atoms with Crippen molar-refractivity contribution >= 4 is 22.9 Å². The minimum absolute atomic E-state index is 0.187. The quantitative estimate of drug-likeness (QED) is 0.725. The summed E-state index contributed by atoms with van der Waals surface area (Å²) in [6.45, 7) is 5.68. The number of aromatic nitrogens is 3. The lowest BCUT2D eigenvalue weighted by Gasteiger charge is -2.32. The van der Waals surface area contributed by atoms with Crippen LogP contribution in [0, 0.1) is 13.8 Å². The minimum atomic E-state index is 0.187. The number of aryl methyl sites for hydroxylation is 2. The highest BCUT2D eigenvalue weighted by Crippen LogP contribution is 2.30. The molecule has 1 aliphatic rings. The zero-order valence-corrected chi connectivity index (χ0v) is 15.4. The SMILES string of the molecule is Cc1cnc([C@H]2CCCN(C(=O)Cc3c(C)nc4ccccn34)C2)s1. The number of nitrogens with zero attached hydrogens (tertiary/aromatic N) is 4. The van der Waals surface area contributed by atoms with Crippen molar-refractivity contribution in [3.05, 3.63) is 51.9 Å². The number of carbonyl (C=O) groups excluding carboxylic acids is 1. The Morgan fingerprint density at radius 1 is 1.36 bits per heavy atom. The van der Waals surface area contributed by atoms with Crippen LogP contribution in [0.2, 0.25) is 0 Å². The molecule has 1 atom stereocenters. The number of rotatable bonds is 3. The highest BCUT2D eigenvalue weighted by molar-refractivity contribution is 7.11. The van der Waals surface area contributed by atoms with Crippen LogP contribution >= 0.6 is 11.3 Å². The summed E-state index contributed by atoms with van der Waals surface area (Å²) in [6, 6.07) is 5.92. The van der Waals surface area contributed by atoms with E-state index in [-0.39, 0.29) is 5.91 Å². The number of pyridine rings is 1. The van der Waals surface area contributed by atoms with Crippen LogP contribution in [-0.2, 0) is 11.2 Å². The van der Waals surface area contributed by atoms with Gasteiger partial charge in [0.05, 0.1) is 22.8 Å². The van der Waals surface area contributed by atoms with E-state index in [2.05, 4.69) is 16.9 Å². The van der Waals surface area contributed by atoms with E-state index in [9.17, 15) is 4.79 Å². The number of piperidine rings is 1. The molecule has 6 heteroatoms. The van der Waals surface area contributed by atoms with Gasteiger partial charge in [0, 0.05) is 36.3 Å². The second kappa shape index (κ2) is 6.59. The van der Waals surface area contributed by atoms with E-state index in [4.69, 9.17) is 0 Å². The molecule has 4 rings (SSSR count). The number of thiazole rings is 1. The summed E-state index contributed by atoms with van der Waals surface area (Å²) >= 11 is 1.75. The average molecular weight is 354 g/mol. The summed E-state index contributed by atoms with van der Waals surface area (Å²) in [5.41, 5.74) is 2.83. The highest BCUT2D eigenvalue weighted by atomic mass is 32.1. The van der Waals surface area contributed by atoms with Crippen LogP contribution in [0.25, 0.3) is 5.65 Å². The number of hydrogen-bond acceptors (Lipinski definition) is 4. The molecule has 0 saturated carbocycles. The minimum Gasteiger partial charge on any atom is -0.342 e. The predicted molar refractivity (Wildman–Crippen MR) is 99.0 cm³/mol.